The van der Waals surface area contributed by atoms with Crippen molar-refractivity contribution in [2.45, 2.75) is 12.5 Å². The summed E-state index contributed by atoms with van der Waals surface area (Å²) in [5.74, 6) is 0. The summed E-state index contributed by atoms with van der Waals surface area (Å²) in [7, 11) is 0. The topological polar surface area (TPSA) is 45.1 Å². The molecule has 2 aromatic heterocycles. The third kappa shape index (κ3) is 2.63. The van der Waals surface area contributed by atoms with E-state index in [1.165, 1.54) is 0 Å². The Hall–Kier alpha value is -1.43. The van der Waals surface area contributed by atoms with Crippen molar-refractivity contribution >= 4 is 38.0 Å². The van der Waals surface area contributed by atoms with Gasteiger partial charge in [0.25, 0.3) is 0 Å². The van der Waals surface area contributed by atoms with E-state index in [0.29, 0.717) is 6.54 Å². The first-order chi connectivity index (χ1) is 9.15. The lowest BCUT2D eigenvalue weighted by Crippen LogP contribution is -2.30. The molecule has 19 heavy (non-hydrogen) atoms. The summed E-state index contributed by atoms with van der Waals surface area (Å²) in [5.41, 5.74) is 1.05. The molecule has 1 aromatic carbocycles. The van der Waals surface area contributed by atoms with E-state index >= 15 is 0 Å². The zero-order chi connectivity index (χ0) is 13.3. The largest absolute Gasteiger partial charge is 0.384 e. The van der Waals surface area contributed by atoms with E-state index < -0.39 is 5.60 Å². The molecule has 2 heterocycles. The summed E-state index contributed by atoms with van der Waals surface area (Å²) in [6.45, 7) is 2.26. The van der Waals surface area contributed by atoms with E-state index in [9.17, 15) is 5.11 Å². The van der Waals surface area contributed by atoms with Gasteiger partial charge in [-0.15, -0.1) is 0 Å². The number of fused-ring (bicyclic) bond motifs is 1. The zero-order valence-electron chi connectivity index (χ0n) is 10.5. The van der Waals surface area contributed by atoms with Gasteiger partial charge >= 0.3 is 0 Å². The van der Waals surface area contributed by atoms with Crippen molar-refractivity contribution in [2.24, 2.45) is 0 Å². The Bertz CT molecular complexity index is 641. The molecule has 0 spiro atoms. The molecule has 0 bridgehead atoms. The van der Waals surface area contributed by atoms with Gasteiger partial charge in [0.15, 0.2) is 5.13 Å². The number of aliphatic hydroxyl groups is 1. The highest BCUT2D eigenvalue weighted by Crippen LogP contribution is 2.28. The summed E-state index contributed by atoms with van der Waals surface area (Å²) in [5, 5.41) is 18.4. The van der Waals surface area contributed by atoms with Crippen LogP contribution in [0.4, 0.5) is 5.13 Å². The van der Waals surface area contributed by atoms with Gasteiger partial charge in [-0.3, -0.25) is 0 Å². The first-order valence-corrected chi connectivity index (χ1v) is 7.75. The Kier molecular flexibility index (Phi) is 3.26. The van der Waals surface area contributed by atoms with Crippen LogP contribution in [0, 0.1) is 0 Å². The molecule has 98 valence electrons. The highest BCUT2D eigenvalue weighted by molar-refractivity contribution is 7.22. The lowest BCUT2D eigenvalue weighted by molar-refractivity contribution is 0.0720. The molecule has 0 aliphatic carbocycles. The van der Waals surface area contributed by atoms with Gasteiger partial charge in [-0.2, -0.15) is 11.3 Å². The molecule has 5 heteroatoms. The fourth-order valence-electron chi connectivity index (χ4n) is 1.87. The average molecular weight is 290 g/mol. The van der Waals surface area contributed by atoms with Crippen LogP contribution in [0.2, 0.25) is 0 Å². The summed E-state index contributed by atoms with van der Waals surface area (Å²) in [6.07, 6.45) is 0. The Morgan fingerprint density at radius 2 is 2.16 bits per heavy atom. The first-order valence-electron chi connectivity index (χ1n) is 6.00. The Morgan fingerprint density at radius 3 is 2.89 bits per heavy atom. The minimum atomic E-state index is -0.877. The van der Waals surface area contributed by atoms with Crippen molar-refractivity contribution in [2.75, 3.05) is 11.9 Å². The highest BCUT2D eigenvalue weighted by Gasteiger charge is 2.23. The fraction of sp³-hybridized carbons (Fsp3) is 0.214. The summed E-state index contributed by atoms with van der Waals surface area (Å²) < 4.78 is 1.15. The van der Waals surface area contributed by atoms with E-state index in [1.54, 1.807) is 22.7 Å². The molecule has 0 saturated carbocycles. The summed E-state index contributed by atoms with van der Waals surface area (Å²) >= 11 is 3.20. The number of para-hydroxylation sites is 1. The van der Waals surface area contributed by atoms with Crippen LogP contribution < -0.4 is 5.32 Å². The monoisotopic (exact) mass is 290 g/mol. The number of benzene rings is 1. The van der Waals surface area contributed by atoms with Gasteiger partial charge < -0.3 is 10.4 Å². The van der Waals surface area contributed by atoms with Crippen molar-refractivity contribution < 1.29 is 5.11 Å². The molecular weight excluding hydrogens is 276 g/mol. The minimum Gasteiger partial charge on any atom is -0.384 e. The molecule has 1 atom stereocenters. The zero-order valence-corrected chi connectivity index (χ0v) is 12.1. The fourth-order valence-corrected chi connectivity index (χ4v) is 3.51. The maximum absolute atomic E-state index is 10.4. The Morgan fingerprint density at radius 1 is 1.32 bits per heavy atom. The molecule has 3 aromatic rings. The predicted molar refractivity (Wildman–Crippen MR) is 82.0 cm³/mol. The number of aromatic nitrogens is 1. The van der Waals surface area contributed by atoms with Crippen molar-refractivity contribution in [3.05, 3.63) is 46.7 Å². The van der Waals surface area contributed by atoms with E-state index in [0.717, 1.165) is 20.9 Å². The molecule has 0 aliphatic rings. The molecule has 0 fully saturated rings. The van der Waals surface area contributed by atoms with Gasteiger partial charge in [-0.25, -0.2) is 4.98 Å². The van der Waals surface area contributed by atoms with Crippen molar-refractivity contribution in [1.29, 1.82) is 0 Å². The van der Waals surface area contributed by atoms with E-state index in [4.69, 9.17) is 0 Å². The van der Waals surface area contributed by atoms with Gasteiger partial charge in [0.2, 0.25) is 0 Å². The first kappa shape index (κ1) is 12.6. The van der Waals surface area contributed by atoms with E-state index in [-0.39, 0.29) is 0 Å². The SMILES string of the molecule is CC(O)(CNc1nc2ccccc2s1)c1ccsc1. The lowest BCUT2D eigenvalue weighted by Gasteiger charge is -2.22. The second-order valence-electron chi connectivity index (χ2n) is 4.63. The van der Waals surface area contributed by atoms with E-state index in [2.05, 4.69) is 16.4 Å². The molecule has 1 unspecified atom stereocenters. The van der Waals surface area contributed by atoms with Crippen LogP contribution in [0.15, 0.2) is 41.1 Å². The number of nitrogens with one attached hydrogen (secondary N) is 1. The van der Waals surface area contributed by atoms with Gasteiger partial charge in [0.05, 0.1) is 10.2 Å². The lowest BCUT2D eigenvalue weighted by atomic mass is 10.00. The third-order valence-corrected chi connectivity index (χ3v) is 4.70. The Labute approximate surface area is 119 Å². The maximum atomic E-state index is 10.4. The number of anilines is 1. The van der Waals surface area contributed by atoms with Gasteiger partial charge in [-0.1, -0.05) is 23.5 Å². The number of hydrogen-bond acceptors (Lipinski definition) is 5. The van der Waals surface area contributed by atoms with Crippen LogP contribution >= 0.6 is 22.7 Å². The third-order valence-electron chi connectivity index (χ3n) is 3.02. The number of nitrogens with zero attached hydrogens (tertiary/aromatic N) is 1. The molecule has 3 nitrogen and oxygen atoms in total. The van der Waals surface area contributed by atoms with Crippen LogP contribution in [0.25, 0.3) is 10.2 Å². The standard InChI is InChI=1S/C14H14N2OS2/c1-14(17,10-6-7-18-8-10)9-15-13-16-11-4-2-3-5-12(11)19-13/h2-8,17H,9H2,1H3,(H,15,16). The normalized spacial score (nSPS) is 14.4. The van der Waals surface area contributed by atoms with E-state index in [1.807, 2.05) is 41.9 Å². The van der Waals surface area contributed by atoms with Gasteiger partial charge in [0.1, 0.15) is 5.60 Å². The van der Waals surface area contributed by atoms with Gasteiger partial charge in [0, 0.05) is 6.54 Å². The minimum absolute atomic E-state index is 0.448. The van der Waals surface area contributed by atoms with Crippen LogP contribution in [0.1, 0.15) is 12.5 Å². The van der Waals surface area contributed by atoms with Crippen molar-refractivity contribution in [3.63, 3.8) is 0 Å². The quantitative estimate of drug-likeness (QED) is 0.770. The van der Waals surface area contributed by atoms with Crippen LogP contribution in [-0.4, -0.2) is 16.6 Å². The number of thiophene rings is 1. The highest BCUT2D eigenvalue weighted by atomic mass is 32.1. The van der Waals surface area contributed by atoms with Crippen molar-refractivity contribution in [1.82, 2.24) is 4.98 Å². The van der Waals surface area contributed by atoms with Crippen LogP contribution in [0.5, 0.6) is 0 Å². The maximum Gasteiger partial charge on any atom is 0.183 e. The molecule has 0 radical (unpaired) electrons. The molecule has 2 N–H and O–H groups in total. The molecule has 0 aliphatic heterocycles. The summed E-state index contributed by atoms with van der Waals surface area (Å²) in [6, 6.07) is 9.98. The molecular formula is C14H14N2OS2. The second-order valence-corrected chi connectivity index (χ2v) is 6.44. The predicted octanol–water partition coefficient (Wildman–Crippen LogP) is 3.68. The van der Waals surface area contributed by atoms with Crippen molar-refractivity contribution in [3.8, 4) is 0 Å². The molecule has 0 saturated heterocycles. The smallest absolute Gasteiger partial charge is 0.183 e. The number of rotatable bonds is 4. The molecule has 3 rings (SSSR count). The Balaban J connectivity index is 1.75. The van der Waals surface area contributed by atoms with Crippen LogP contribution in [0.3, 0.4) is 0 Å². The number of hydrogen-bond donors (Lipinski definition) is 2. The van der Waals surface area contributed by atoms with Crippen LogP contribution in [-0.2, 0) is 5.60 Å². The molecule has 0 amide bonds. The second kappa shape index (κ2) is 4.92. The van der Waals surface area contributed by atoms with Gasteiger partial charge in [-0.05, 0) is 41.4 Å². The number of thiazole rings is 1. The average Bonchev–Trinajstić information content (AvgIpc) is 3.05. The summed E-state index contributed by atoms with van der Waals surface area (Å²) in [4.78, 5) is 4.50.